The summed E-state index contributed by atoms with van der Waals surface area (Å²) in [6.45, 7) is 20.9. The van der Waals surface area contributed by atoms with Crippen LogP contribution < -0.4 is 0 Å². The van der Waals surface area contributed by atoms with Crippen LogP contribution in [0, 0.1) is 5.92 Å². The molecule has 0 fully saturated rings. The zero-order valence-corrected chi connectivity index (χ0v) is 26.4. The van der Waals surface area contributed by atoms with Crippen LogP contribution in [0.15, 0.2) is 73.9 Å². The van der Waals surface area contributed by atoms with Gasteiger partial charge in [0.2, 0.25) is 0 Å². The number of hydrogen-bond acceptors (Lipinski definition) is 7. The van der Waals surface area contributed by atoms with Crippen LogP contribution in [0.4, 0.5) is 0 Å². The maximum absolute atomic E-state index is 10.7. The molecule has 0 unspecified atom stereocenters. The molecule has 0 saturated carbocycles. The molecule has 1 rings (SSSR count). The quantitative estimate of drug-likeness (QED) is 0.139. The molecule has 0 heterocycles. The molecule has 1 radical (unpaired) electrons. The monoisotopic (exact) mass is 565 g/mol. The molecule has 1 aromatic carbocycles. The Morgan fingerprint density at radius 2 is 1.49 bits per heavy atom. The smallest absolute Gasteiger partial charge is 0.333 e. The minimum Gasteiger partial charge on any atom is -0.478 e. The summed E-state index contributed by atoms with van der Waals surface area (Å²) < 4.78 is 37.8. The molecule has 0 amide bonds. The first-order valence-corrected chi connectivity index (χ1v) is 12.3. The van der Waals surface area contributed by atoms with Crippen LogP contribution in [0.25, 0.3) is 6.08 Å². The van der Waals surface area contributed by atoms with Gasteiger partial charge in [0.05, 0.1) is 19.0 Å². The fraction of sp³-hybridized carbons (Fsp3) is 0.346. The molecule has 0 aliphatic carbocycles. The fourth-order valence-corrected chi connectivity index (χ4v) is 1.91. The molecule has 0 atom stereocenters. The maximum Gasteiger partial charge on any atom is 0.333 e. The molecule has 0 aliphatic heterocycles. The molecule has 11 heteroatoms. The average Bonchev–Trinajstić information content (AvgIpc) is 2.81. The number of rotatable bonds is 10. The Morgan fingerprint density at radius 1 is 1.00 bits per heavy atom. The van der Waals surface area contributed by atoms with Gasteiger partial charge in [0.15, 0.2) is 0 Å². The molecule has 0 aliphatic rings. The minimum atomic E-state index is -3.95. The van der Waals surface area contributed by atoms with Crippen LogP contribution in [0.3, 0.4) is 0 Å². The number of esters is 2. The van der Waals surface area contributed by atoms with Gasteiger partial charge in [-0.15, -0.1) is 0 Å². The summed E-state index contributed by atoms with van der Waals surface area (Å²) in [6.07, 6.45) is 2.89. The first-order chi connectivity index (χ1) is 16.6. The Labute approximate surface area is 263 Å². The van der Waals surface area contributed by atoms with E-state index < -0.39 is 27.8 Å². The van der Waals surface area contributed by atoms with E-state index in [1.54, 1.807) is 6.92 Å². The van der Waals surface area contributed by atoms with Crippen molar-refractivity contribution in [3.05, 3.63) is 79.4 Å². The van der Waals surface area contributed by atoms with E-state index in [1.165, 1.54) is 12.5 Å². The Morgan fingerprint density at radius 3 is 1.78 bits per heavy atom. The van der Waals surface area contributed by atoms with Crippen LogP contribution >= 0.6 is 0 Å². The van der Waals surface area contributed by atoms with Crippen molar-refractivity contribution in [3.63, 3.8) is 0 Å². The van der Waals surface area contributed by atoms with E-state index in [0.29, 0.717) is 18.1 Å². The number of carbonyl (C=O) groups excluding carboxylic acids is 2. The second kappa shape index (κ2) is 25.8. The van der Waals surface area contributed by atoms with E-state index in [-0.39, 0.29) is 76.0 Å². The standard InChI is InChI=1S/C8H14O2.C8H8.C6H10O5S.C4H6O2.K/c1-6(2)5-10-8(9)7(3)4;1-2-8-6-4-3-5-7-8;1-2-6(7)11-4-3-5-12(8,9)10;1-3(2)4(5)6;/h6H,3,5H2,1-2,4H3;2-7H,1H2;2H,1,3-5H2,(H,8,9,10);1H2,2H3,(H,5,6);. The topological polar surface area (TPSA) is 144 Å². The zero-order chi connectivity index (χ0) is 28.7. The molecule has 9 nitrogen and oxygen atoms in total. The van der Waals surface area contributed by atoms with Gasteiger partial charge in [0, 0.05) is 68.6 Å². The van der Waals surface area contributed by atoms with Crippen LogP contribution in [0.1, 0.15) is 39.7 Å². The van der Waals surface area contributed by atoms with Crippen molar-refractivity contribution in [2.24, 2.45) is 5.92 Å². The molecule has 2 N–H and O–H groups in total. The summed E-state index contributed by atoms with van der Waals surface area (Å²) in [7, 11) is -3.95. The molecule has 203 valence electrons. The van der Waals surface area contributed by atoms with Crippen molar-refractivity contribution in [1.29, 1.82) is 0 Å². The van der Waals surface area contributed by atoms with Gasteiger partial charge in [-0.1, -0.05) is 76.6 Å². The van der Waals surface area contributed by atoms with Gasteiger partial charge in [-0.25, -0.2) is 14.4 Å². The SMILES string of the molecule is C=C(C)C(=O)O.C=C(C)C(=O)OCC(C)C.C=CC(=O)OCCCS(=O)(=O)O.C=Cc1ccccc1.[K]. The number of aliphatic carboxylic acids is 1. The number of carbonyl (C=O) groups is 3. The van der Waals surface area contributed by atoms with Crippen molar-refractivity contribution in [3.8, 4) is 0 Å². The zero-order valence-electron chi connectivity index (χ0n) is 22.4. The van der Waals surface area contributed by atoms with Crippen molar-refractivity contribution in [2.75, 3.05) is 19.0 Å². The van der Waals surface area contributed by atoms with Gasteiger partial charge in [0.1, 0.15) is 0 Å². The molecule has 1 aromatic rings. The van der Waals surface area contributed by atoms with Crippen LogP contribution in [0.5, 0.6) is 0 Å². The number of benzene rings is 1. The average molecular weight is 566 g/mol. The summed E-state index contributed by atoms with van der Waals surface area (Å²) in [5.41, 5.74) is 1.81. The Bertz CT molecular complexity index is 942. The number of carboxylic acid groups (broad SMARTS) is 1. The van der Waals surface area contributed by atoms with Crippen LogP contribution in [0.2, 0.25) is 0 Å². The summed E-state index contributed by atoms with van der Waals surface area (Å²) >= 11 is 0. The normalized spacial score (nSPS) is 9.14. The third-order valence-electron chi connectivity index (χ3n) is 3.25. The van der Waals surface area contributed by atoms with Gasteiger partial charge >= 0.3 is 17.9 Å². The Kier molecular flexibility index (Phi) is 29.4. The molecular formula is C26H38KO9S. The van der Waals surface area contributed by atoms with Crippen molar-refractivity contribution in [2.45, 2.75) is 34.1 Å². The van der Waals surface area contributed by atoms with E-state index >= 15 is 0 Å². The van der Waals surface area contributed by atoms with Gasteiger partial charge in [-0.05, 0) is 31.7 Å². The van der Waals surface area contributed by atoms with Crippen molar-refractivity contribution in [1.82, 2.24) is 0 Å². The first-order valence-electron chi connectivity index (χ1n) is 10.7. The second-order valence-corrected chi connectivity index (χ2v) is 9.06. The van der Waals surface area contributed by atoms with E-state index in [9.17, 15) is 22.8 Å². The molecule has 37 heavy (non-hydrogen) atoms. The van der Waals surface area contributed by atoms with Crippen molar-refractivity contribution < 1.29 is 41.9 Å². The largest absolute Gasteiger partial charge is 0.478 e. The summed E-state index contributed by atoms with van der Waals surface area (Å²) in [6, 6.07) is 10.0. The number of hydrogen-bond donors (Lipinski definition) is 2. The summed E-state index contributed by atoms with van der Waals surface area (Å²) in [4.78, 5) is 30.7. The van der Waals surface area contributed by atoms with Gasteiger partial charge < -0.3 is 14.6 Å². The minimum absolute atomic E-state index is 0. The molecule has 0 saturated heterocycles. The van der Waals surface area contributed by atoms with Gasteiger partial charge in [-0.3, -0.25) is 4.55 Å². The molecule has 0 spiro atoms. The summed E-state index contributed by atoms with van der Waals surface area (Å²) in [5.74, 6) is -1.85. The maximum atomic E-state index is 10.7. The third kappa shape index (κ3) is 36.4. The Balaban J connectivity index is -0.000000200. The third-order valence-corrected chi connectivity index (χ3v) is 4.06. The second-order valence-electron chi connectivity index (χ2n) is 7.48. The fourth-order valence-electron chi connectivity index (χ4n) is 1.43. The van der Waals surface area contributed by atoms with Gasteiger partial charge in [-0.2, -0.15) is 8.42 Å². The van der Waals surface area contributed by atoms with E-state index in [0.717, 1.165) is 6.08 Å². The van der Waals surface area contributed by atoms with Crippen molar-refractivity contribution >= 4 is 85.5 Å². The van der Waals surface area contributed by atoms with E-state index in [4.69, 9.17) is 14.4 Å². The predicted octanol–water partition coefficient (Wildman–Crippen LogP) is 4.35. The summed E-state index contributed by atoms with van der Waals surface area (Å²) in [5, 5.41) is 7.89. The Hall–Kier alpha value is -1.86. The van der Waals surface area contributed by atoms with E-state index in [2.05, 4.69) is 31.1 Å². The molecule has 0 bridgehead atoms. The molecule has 0 aromatic heterocycles. The number of ether oxygens (including phenoxy) is 2. The number of carboxylic acids is 1. The van der Waals surface area contributed by atoms with Crippen LogP contribution in [-0.4, -0.2) is 106 Å². The van der Waals surface area contributed by atoms with Crippen LogP contribution in [-0.2, 0) is 34.0 Å². The predicted molar refractivity (Wildman–Crippen MR) is 148 cm³/mol. The molecular weight excluding hydrogens is 527 g/mol. The first kappa shape index (κ1) is 42.2. The van der Waals surface area contributed by atoms with E-state index in [1.807, 2.05) is 50.3 Å². The van der Waals surface area contributed by atoms with Gasteiger partial charge in [0.25, 0.3) is 10.1 Å².